The third kappa shape index (κ3) is 3.30. The number of hydrogen-bond donors (Lipinski definition) is 1. The van der Waals surface area contributed by atoms with Crippen molar-refractivity contribution in [2.24, 2.45) is 5.41 Å². The van der Waals surface area contributed by atoms with E-state index in [4.69, 9.17) is 0 Å². The molecule has 26 heavy (non-hydrogen) atoms. The molecule has 1 aromatic carbocycles. The van der Waals surface area contributed by atoms with E-state index in [1.807, 2.05) is 12.1 Å². The number of rotatable bonds is 5. The molecule has 1 aromatic heterocycles. The molecule has 1 saturated carbocycles. The van der Waals surface area contributed by atoms with E-state index in [9.17, 15) is 9.90 Å². The number of anilines is 1. The second-order valence-electron chi connectivity index (χ2n) is 7.79. The summed E-state index contributed by atoms with van der Waals surface area (Å²) in [6.07, 6.45) is 6.15. The fourth-order valence-electron chi connectivity index (χ4n) is 4.03. The number of carbonyl (C=O) groups is 1. The molecule has 136 valence electrons. The third-order valence-electron chi connectivity index (χ3n) is 5.81. The monoisotopic (exact) mass is 351 g/mol. The zero-order valence-corrected chi connectivity index (χ0v) is 15.2. The largest absolute Gasteiger partial charge is 0.481 e. The maximum absolute atomic E-state index is 12.3. The van der Waals surface area contributed by atoms with E-state index in [0.29, 0.717) is 25.3 Å². The van der Waals surface area contributed by atoms with Crippen molar-refractivity contribution in [3.05, 3.63) is 53.5 Å². The summed E-state index contributed by atoms with van der Waals surface area (Å²) in [7, 11) is 0. The van der Waals surface area contributed by atoms with E-state index in [1.54, 1.807) is 6.33 Å². The molecule has 1 aliphatic heterocycles. The molecule has 5 nitrogen and oxygen atoms in total. The minimum absolute atomic E-state index is 0.498. The Kier molecular flexibility index (Phi) is 4.39. The molecule has 1 saturated heterocycles. The summed E-state index contributed by atoms with van der Waals surface area (Å²) in [6.45, 7) is 3.40. The van der Waals surface area contributed by atoms with Crippen LogP contribution in [0, 0.1) is 12.3 Å². The molecule has 0 spiro atoms. The topological polar surface area (TPSA) is 66.3 Å². The van der Waals surface area contributed by atoms with Crippen molar-refractivity contribution in [2.45, 2.75) is 44.9 Å². The molecule has 0 bridgehead atoms. The maximum Gasteiger partial charge on any atom is 0.311 e. The van der Waals surface area contributed by atoms with Gasteiger partial charge in [0, 0.05) is 30.8 Å². The molecule has 2 aliphatic rings. The maximum atomic E-state index is 12.3. The van der Waals surface area contributed by atoms with Gasteiger partial charge in [-0.1, -0.05) is 24.3 Å². The minimum atomic E-state index is -0.769. The summed E-state index contributed by atoms with van der Waals surface area (Å²) in [5.74, 6) is 0.733. The molecule has 0 radical (unpaired) electrons. The standard InChI is InChI=1S/C21H25N3O2/c1-15-5-2-3-6-17(15)12-21(20(25)26)9-4-10-24(13-21)19-11-18(16-7-8-16)22-14-23-19/h2-3,5-6,11,14,16H,4,7-10,12-13H2,1H3,(H,25,26). The van der Waals surface area contributed by atoms with Gasteiger partial charge >= 0.3 is 5.97 Å². The number of aromatic nitrogens is 2. The lowest BCUT2D eigenvalue weighted by molar-refractivity contribution is -0.149. The van der Waals surface area contributed by atoms with Crippen LogP contribution in [-0.4, -0.2) is 34.1 Å². The van der Waals surface area contributed by atoms with Gasteiger partial charge in [-0.25, -0.2) is 9.97 Å². The number of benzene rings is 1. The zero-order chi connectivity index (χ0) is 18.1. The summed E-state index contributed by atoms with van der Waals surface area (Å²) in [5, 5.41) is 10.1. The number of nitrogens with zero attached hydrogens (tertiary/aromatic N) is 3. The Morgan fingerprint density at radius 1 is 1.31 bits per heavy atom. The van der Waals surface area contributed by atoms with Crippen LogP contribution in [0.4, 0.5) is 5.82 Å². The van der Waals surface area contributed by atoms with Crippen LogP contribution in [0.25, 0.3) is 0 Å². The second kappa shape index (κ2) is 6.71. The van der Waals surface area contributed by atoms with E-state index < -0.39 is 11.4 Å². The molecule has 2 aromatic rings. The first kappa shape index (κ1) is 17.0. The lowest BCUT2D eigenvalue weighted by Crippen LogP contribution is -2.49. The Labute approximate surface area is 154 Å². The average molecular weight is 351 g/mol. The van der Waals surface area contributed by atoms with Crippen LogP contribution >= 0.6 is 0 Å². The third-order valence-corrected chi connectivity index (χ3v) is 5.81. The van der Waals surface area contributed by atoms with Gasteiger partial charge in [0.2, 0.25) is 0 Å². The van der Waals surface area contributed by atoms with E-state index in [2.05, 4.69) is 40.0 Å². The lowest BCUT2D eigenvalue weighted by atomic mass is 9.74. The Balaban J connectivity index is 1.61. The van der Waals surface area contributed by atoms with Gasteiger partial charge in [-0.2, -0.15) is 0 Å². The summed E-state index contributed by atoms with van der Waals surface area (Å²) in [6, 6.07) is 10.2. The van der Waals surface area contributed by atoms with Crippen molar-refractivity contribution < 1.29 is 9.90 Å². The highest BCUT2D eigenvalue weighted by Crippen LogP contribution is 2.41. The molecular weight excluding hydrogens is 326 g/mol. The molecule has 5 heteroatoms. The van der Waals surface area contributed by atoms with E-state index in [0.717, 1.165) is 35.6 Å². The normalized spacial score (nSPS) is 23.0. The summed E-state index contributed by atoms with van der Waals surface area (Å²) < 4.78 is 0. The van der Waals surface area contributed by atoms with Gasteiger partial charge in [-0.15, -0.1) is 0 Å². The van der Waals surface area contributed by atoms with Gasteiger partial charge in [-0.05, 0) is 50.2 Å². The van der Waals surface area contributed by atoms with Crippen LogP contribution in [0.2, 0.25) is 0 Å². The lowest BCUT2D eigenvalue weighted by Gasteiger charge is -2.41. The number of carboxylic acid groups (broad SMARTS) is 1. The number of piperidine rings is 1. The van der Waals surface area contributed by atoms with Crippen LogP contribution < -0.4 is 4.90 Å². The quantitative estimate of drug-likeness (QED) is 0.892. The smallest absolute Gasteiger partial charge is 0.311 e. The highest BCUT2D eigenvalue weighted by molar-refractivity contribution is 5.76. The first-order valence-corrected chi connectivity index (χ1v) is 9.42. The van der Waals surface area contributed by atoms with Crippen molar-refractivity contribution in [3.63, 3.8) is 0 Å². The first-order chi connectivity index (χ1) is 12.6. The number of aliphatic carboxylic acids is 1. The van der Waals surface area contributed by atoms with Crippen molar-refractivity contribution in [3.8, 4) is 0 Å². The highest BCUT2D eigenvalue weighted by Gasteiger charge is 2.43. The molecule has 1 N–H and O–H groups in total. The van der Waals surface area contributed by atoms with Crippen LogP contribution in [0.3, 0.4) is 0 Å². The highest BCUT2D eigenvalue weighted by atomic mass is 16.4. The van der Waals surface area contributed by atoms with Gasteiger partial charge in [0.25, 0.3) is 0 Å². The molecule has 1 aliphatic carbocycles. The Bertz CT molecular complexity index is 818. The second-order valence-corrected chi connectivity index (χ2v) is 7.79. The molecule has 1 atom stereocenters. The Morgan fingerprint density at radius 2 is 2.12 bits per heavy atom. The van der Waals surface area contributed by atoms with Crippen LogP contribution in [0.15, 0.2) is 36.7 Å². The van der Waals surface area contributed by atoms with Crippen molar-refractivity contribution in [1.82, 2.24) is 9.97 Å². The molecule has 0 amide bonds. The summed E-state index contributed by atoms with van der Waals surface area (Å²) >= 11 is 0. The summed E-state index contributed by atoms with van der Waals surface area (Å²) in [5.41, 5.74) is 2.61. The van der Waals surface area contributed by atoms with Crippen molar-refractivity contribution in [2.75, 3.05) is 18.0 Å². The van der Waals surface area contributed by atoms with Gasteiger partial charge < -0.3 is 10.0 Å². The van der Waals surface area contributed by atoms with Gasteiger partial charge in [0.1, 0.15) is 12.1 Å². The fraction of sp³-hybridized carbons (Fsp3) is 0.476. The van der Waals surface area contributed by atoms with Gasteiger partial charge in [-0.3, -0.25) is 4.79 Å². The predicted octanol–water partition coefficient (Wildman–Crippen LogP) is 3.58. The molecule has 1 unspecified atom stereocenters. The van der Waals surface area contributed by atoms with E-state index >= 15 is 0 Å². The van der Waals surface area contributed by atoms with Crippen LogP contribution in [0.1, 0.15) is 48.4 Å². The average Bonchev–Trinajstić information content (AvgIpc) is 3.49. The molecule has 4 rings (SSSR count). The van der Waals surface area contributed by atoms with Gasteiger partial charge in [0.05, 0.1) is 5.41 Å². The molecular formula is C21H25N3O2. The zero-order valence-electron chi connectivity index (χ0n) is 15.2. The van der Waals surface area contributed by atoms with E-state index in [1.165, 1.54) is 12.8 Å². The minimum Gasteiger partial charge on any atom is -0.481 e. The predicted molar refractivity (Wildman–Crippen MR) is 100 cm³/mol. The molecule has 2 heterocycles. The SMILES string of the molecule is Cc1ccccc1CC1(C(=O)O)CCCN(c2cc(C3CC3)ncn2)C1. The van der Waals surface area contributed by atoms with Gasteiger partial charge in [0.15, 0.2) is 0 Å². The van der Waals surface area contributed by atoms with Crippen molar-refractivity contribution >= 4 is 11.8 Å². The Hall–Kier alpha value is -2.43. The van der Waals surface area contributed by atoms with Crippen LogP contribution in [-0.2, 0) is 11.2 Å². The number of aryl methyl sites for hydroxylation is 1. The Morgan fingerprint density at radius 3 is 2.85 bits per heavy atom. The van der Waals surface area contributed by atoms with E-state index in [-0.39, 0.29) is 0 Å². The fourth-order valence-corrected chi connectivity index (χ4v) is 4.03. The molecule has 2 fully saturated rings. The summed E-state index contributed by atoms with van der Waals surface area (Å²) in [4.78, 5) is 23.3. The van der Waals surface area contributed by atoms with Crippen LogP contribution in [0.5, 0.6) is 0 Å². The van der Waals surface area contributed by atoms with Crippen molar-refractivity contribution in [1.29, 1.82) is 0 Å². The first-order valence-electron chi connectivity index (χ1n) is 9.42. The number of hydrogen-bond acceptors (Lipinski definition) is 4. The number of carboxylic acids is 1.